The third-order valence-electron chi connectivity index (χ3n) is 4.46. The summed E-state index contributed by atoms with van der Waals surface area (Å²) < 4.78 is 23.7. The number of ether oxygens (including phenoxy) is 4. The van der Waals surface area contributed by atoms with E-state index in [-0.39, 0.29) is 12.4 Å². The first-order chi connectivity index (χ1) is 15.7. The van der Waals surface area contributed by atoms with Crippen molar-refractivity contribution in [2.24, 2.45) is 0 Å². The van der Waals surface area contributed by atoms with E-state index in [0.717, 1.165) is 14.2 Å². The molecule has 0 saturated heterocycles. The molecule has 0 aliphatic carbocycles. The Hall–Kier alpha value is -3.40. The number of fused-ring (bicyclic) bond motifs is 1. The van der Waals surface area contributed by atoms with Crippen LogP contribution >= 0.6 is 12.1 Å². The highest BCUT2D eigenvalue weighted by molar-refractivity contribution is 7.95. The van der Waals surface area contributed by atoms with E-state index in [2.05, 4.69) is 0 Å². The van der Waals surface area contributed by atoms with E-state index in [1.807, 2.05) is 19.9 Å². The number of carbonyl (C=O) groups is 3. The molecule has 0 spiro atoms. The lowest BCUT2D eigenvalue weighted by atomic mass is 10.0. The zero-order valence-electron chi connectivity index (χ0n) is 18.9. The van der Waals surface area contributed by atoms with Gasteiger partial charge in [-0.2, -0.15) is 0 Å². The van der Waals surface area contributed by atoms with Crippen LogP contribution < -0.4 is 14.2 Å². The van der Waals surface area contributed by atoms with Gasteiger partial charge < -0.3 is 18.9 Å². The minimum Gasteiger partial charge on any atom is -0.483 e. The molecule has 3 rings (SSSR count). The van der Waals surface area contributed by atoms with Gasteiger partial charge >= 0.3 is 18.2 Å². The summed E-state index contributed by atoms with van der Waals surface area (Å²) in [6.07, 6.45) is -0.913. The van der Waals surface area contributed by atoms with Crippen LogP contribution in [0.25, 0.3) is 0 Å². The van der Waals surface area contributed by atoms with Gasteiger partial charge in [-0.1, -0.05) is 30.3 Å². The SMILES string of the molecule is CCOC(=O)CN(SN(C)C(=O)Oc1cccc2c1OC(C)(C)C2)C(=O)Oc1ccccc1. The molecule has 0 saturated carbocycles. The van der Waals surface area contributed by atoms with Gasteiger partial charge in [0.1, 0.15) is 17.9 Å². The van der Waals surface area contributed by atoms with E-state index in [9.17, 15) is 14.4 Å². The van der Waals surface area contributed by atoms with E-state index in [1.165, 1.54) is 7.05 Å². The van der Waals surface area contributed by atoms with Crippen molar-refractivity contribution in [2.45, 2.75) is 32.8 Å². The maximum Gasteiger partial charge on any atom is 0.427 e. The molecule has 0 unspecified atom stereocenters. The number of para-hydroxylation sites is 2. The Morgan fingerprint density at radius 3 is 2.45 bits per heavy atom. The van der Waals surface area contributed by atoms with Gasteiger partial charge in [-0.3, -0.25) is 4.79 Å². The van der Waals surface area contributed by atoms with E-state index in [0.29, 0.717) is 30.1 Å². The molecule has 2 amide bonds. The van der Waals surface area contributed by atoms with E-state index < -0.39 is 30.3 Å². The molecule has 0 aromatic heterocycles. The zero-order chi connectivity index (χ0) is 24.0. The smallest absolute Gasteiger partial charge is 0.427 e. The summed E-state index contributed by atoms with van der Waals surface area (Å²) in [7, 11) is 1.41. The summed E-state index contributed by atoms with van der Waals surface area (Å²) in [6, 6.07) is 13.7. The molecule has 0 fully saturated rings. The Balaban J connectivity index is 1.69. The van der Waals surface area contributed by atoms with Crippen LogP contribution in [-0.2, 0) is 16.0 Å². The maximum absolute atomic E-state index is 12.7. The lowest BCUT2D eigenvalue weighted by Gasteiger charge is -2.24. The van der Waals surface area contributed by atoms with Crippen LogP contribution in [0.4, 0.5) is 9.59 Å². The first-order valence-corrected chi connectivity index (χ1v) is 11.1. The number of rotatable bonds is 7. The van der Waals surface area contributed by atoms with Gasteiger partial charge in [-0.25, -0.2) is 18.2 Å². The van der Waals surface area contributed by atoms with Gasteiger partial charge in [0.05, 0.1) is 18.7 Å². The summed E-state index contributed by atoms with van der Waals surface area (Å²) in [5.74, 6) is 0.440. The van der Waals surface area contributed by atoms with Crippen LogP contribution in [0.15, 0.2) is 48.5 Å². The molecular formula is C23H26N2O7S. The molecule has 33 heavy (non-hydrogen) atoms. The molecule has 2 aromatic carbocycles. The van der Waals surface area contributed by atoms with Crippen molar-refractivity contribution in [3.8, 4) is 17.2 Å². The van der Waals surface area contributed by atoms with Crippen molar-refractivity contribution in [2.75, 3.05) is 20.2 Å². The summed E-state index contributed by atoms with van der Waals surface area (Å²) in [5.41, 5.74) is 0.541. The van der Waals surface area contributed by atoms with Crippen LogP contribution in [0.5, 0.6) is 17.2 Å². The van der Waals surface area contributed by atoms with Crippen molar-refractivity contribution in [1.82, 2.24) is 8.61 Å². The van der Waals surface area contributed by atoms with Crippen LogP contribution in [0.2, 0.25) is 0 Å². The van der Waals surface area contributed by atoms with Gasteiger partial charge in [0.2, 0.25) is 0 Å². The highest BCUT2D eigenvalue weighted by atomic mass is 32.2. The van der Waals surface area contributed by atoms with Gasteiger partial charge in [0, 0.05) is 19.0 Å². The fourth-order valence-electron chi connectivity index (χ4n) is 3.10. The standard InChI is InChI=1S/C23H26N2O7S/c1-5-29-19(26)15-25(22(28)30-17-11-7-6-8-12-17)33-24(4)21(27)31-18-13-9-10-16-14-23(2,3)32-20(16)18/h6-13H,5,14-15H2,1-4H3. The lowest BCUT2D eigenvalue weighted by molar-refractivity contribution is -0.142. The minimum absolute atomic E-state index is 0.151. The number of amides is 2. The number of hydrogen-bond donors (Lipinski definition) is 0. The molecule has 2 aromatic rings. The third kappa shape index (κ3) is 6.55. The van der Waals surface area contributed by atoms with Crippen molar-refractivity contribution in [1.29, 1.82) is 0 Å². The Bertz CT molecular complexity index is 1010. The second-order valence-corrected chi connectivity index (χ2v) is 8.90. The largest absolute Gasteiger partial charge is 0.483 e. The molecule has 1 aliphatic heterocycles. The van der Waals surface area contributed by atoms with Crippen LogP contribution in [0.3, 0.4) is 0 Å². The molecule has 1 heterocycles. The van der Waals surface area contributed by atoms with Gasteiger partial charge in [0.25, 0.3) is 0 Å². The highest BCUT2D eigenvalue weighted by Gasteiger charge is 2.33. The summed E-state index contributed by atoms with van der Waals surface area (Å²) >= 11 is 0.663. The molecule has 176 valence electrons. The molecular weight excluding hydrogens is 448 g/mol. The summed E-state index contributed by atoms with van der Waals surface area (Å²) in [5, 5.41) is 0. The zero-order valence-corrected chi connectivity index (χ0v) is 19.7. The molecule has 0 bridgehead atoms. The Morgan fingerprint density at radius 1 is 1.03 bits per heavy atom. The molecule has 1 aliphatic rings. The average Bonchev–Trinajstić information content (AvgIpc) is 3.09. The molecule has 9 nitrogen and oxygen atoms in total. The van der Waals surface area contributed by atoms with Gasteiger partial charge in [0.15, 0.2) is 11.5 Å². The number of esters is 1. The molecule has 0 N–H and O–H groups in total. The topological polar surface area (TPSA) is 94.6 Å². The summed E-state index contributed by atoms with van der Waals surface area (Å²) in [6.45, 7) is 5.28. The Morgan fingerprint density at radius 2 is 1.76 bits per heavy atom. The monoisotopic (exact) mass is 474 g/mol. The Kier molecular flexibility index (Phi) is 7.70. The Labute approximate surface area is 196 Å². The van der Waals surface area contributed by atoms with Crippen molar-refractivity contribution < 1.29 is 33.3 Å². The second kappa shape index (κ2) is 10.5. The van der Waals surface area contributed by atoms with E-state index in [1.54, 1.807) is 49.4 Å². The summed E-state index contributed by atoms with van der Waals surface area (Å²) in [4.78, 5) is 37.4. The fourth-order valence-corrected chi connectivity index (χ4v) is 3.76. The highest BCUT2D eigenvalue weighted by Crippen LogP contribution is 2.42. The number of benzene rings is 2. The number of carbonyl (C=O) groups excluding carboxylic acids is 3. The first kappa shape index (κ1) is 24.2. The number of hydrogen-bond acceptors (Lipinski definition) is 8. The van der Waals surface area contributed by atoms with Gasteiger partial charge in [-0.15, -0.1) is 0 Å². The average molecular weight is 475 g/mol. The predicted molar refractivity (Wildman–Crippen MR) is 122 cm³/mol. The van der Waals surface area contributed by atoms with Crippen LogP contribution in [0, 0.1) is 0 Å². The van der Waals surface area contributed by atoms with Crippen molar-refractivity contribution in [3.05, 3.63) is 54.1 Å². The fraction of sp³-hybridized carbons (Fsp3) is 0.348. The van der Waals surface area contributed by atoms with Crippen molar-refractivity contribution >= 4 is 30.3 Å². The third-order valence-corrected chi connectivity index (χ3v) is 5.33. The molecule has 0 radical (unpaired) electrons. The van der Waals surface area contributed by atoms with Gasteiger partial charge in [-0.05, 0) is 39.0 Å². The molecule has 0 atom stereocenters. The van der Waals surface area contributed by atoms with E-state index in [4.69, 9.17) is 18.9 Å². The second-order valence-electron chi connectivity index (χ2n) is 7.75. The minimum atomic E-state index is -0.843. The normalized spacial score (nSPS) is 13.3. The van der Waals surface area contributed by atoms with Crippen LogP contribution in [-0.4, -0.2) is 52.6 Å². The lowest BCUT2D eigenvalue weighted by Crippen LogP contribution is -2.38. The first-order valence-electron chi connectivity index (χ1n) is 10.3. The number of nitrogens with zero attached hydrogens (tertiary/aromatic N) is 2. The van der Waals surface area contributed by atoms with Crippen molar-refractivity contribution in [3.63, 3.8) is 0 Å². The molecule has 10 heteroatoms. The predicted octanol–water partition coefficient (Wildman–Crippen LogP) is 4.46. The van der Waals surface area contributed by atoms with Crippen LogP contribution in [0.1, 0.15) is 26.3 Å². The maximum atomic E-state index is 12.7. The van der Waals surface area contributed by atoms with E-state index >= 15 is 0 Å². The quantitative estimate of drug-likeness (QED) is 0.429.